The number of hydrogen-bond acceptors (Lipinski definition) is 4. The van der Waals surface area contributed by atoms with E-state index in [0.717, 1.165) is 17.3 Å². The molecular weight excluding hydrogens is 188 g/mol. The van der Waals surface area contributed by atoms with Crippen LogP contribution in [0.2, 0.25) is 0 Å². The van der Waals surface area contributed by atoms with Crippen LogP contribution in [0.5, 0.6) is 0 Å². The van der Waals surface area contributed by atoms with Crippen LogP contribution < -0.4 is 11.3 Å². The van der Waals surface area contributed by atoms with Gasteiger partial charge in [-0.1, -0.05) is 20.8 Å². The van der Waals surface area contributed by atoms with Crippen molar-refractivity contribution in [2.75, 3.05) is 5.43 Å². The fraction of sp³-hybridized carbons (Fsp3) is 0.636. The SMILES string of the molecule is CC(C)(C)c1nc(NN)cc(C2CC2)n1. The molecule has 4 nitrogen and oxygen atoms in total. The minimum absolute atomic E-state index is 0.0313. The highest BCUT2D eigenvalue weighted by atomic mass is 15.3. The van der Waals surface area contributed by atoms with E-state index in [1.54, 1.807) is 0 Å². The molecule has 1 aliphatic rings. The molecule has 1 heterocycles. The van der Waals surface area contributed by atoms with E-state index in [1.807, 2.05) is 6.07 Å². The topological polar surface area (TPSA) is 63.8 Å². The van der Waals surface area contributed by atoms with Gasteiger partial charge in [0.15, 0.2) is 0 Å². The van der Waals surface area contributed by atoms with Gasteiger partial charge < -0.3 is 5.43 Å². The number of nitrogen functional groups attached to an aromatic ring is 1. The van der Waals surface area contributed by atoms with Crippen LogP contribution in [0.3, 0.4) is 0 Å². The zero-order valence-electron chi connectivity index (χ0n) is 9.54. The number of nitrogens with zero attached hydrogens (tertiary/aromatic N) is 2. The summed E-state index contributed by atoms with van der Waals surface area (Å²) >= 11 is 0. The second kappa shape index (κ2) is 3.45. The first kappa shape index (κ1) is 10.4. The van der Waals surface area contributed by atoms with E-state index in [-0.39, 0.29) is 5.41 Å². The van der Waals surface area contributed by atoms with Crippen LogP contribution in [0, 0.1) is 0 Å². The predicted molar refractivity (Wildman–Crippen MR) is 60.5 cm³/mol. The fourth-order valence-corrected chi connectivity index (χ4v) is 1.46. The highest BCUT2D eigenvalue weighted by Crippen LogP contribution is 2.40. The Balaban J connectivity index is 2.41. The second-order valence-electron chi connectivity index (χ2n) is 5.17. The molecule has 1 fully saturated rings. The molecule has 3 N–H and O–H groups in total. The number of hydrazine groups is 1. The highest BCUT2D eigenvalue weighted by molar-refractivity contribution is 5.37. The molecule has 1 aromatic rings. The van der Waals surface area contributed by atoms with Crippen LogP contribution in [0.15, 0.2) is 6.07 Å². The summed E-state index contributed by atoms with van der Waals surface area (Å²) in [5.74, 6) is 7.62. The predicted octanol–water partition coefficient (Wildman–Crippen LogP) is 1.94. The van der Waals surface area contributed by atoms with Crippen molar-refractivity contribution in [1.29, 1.82) is 0 Å². The van der Waals surface area contributed by atoms with E-state index in [1.165, 1.54) is 12.8 Å². The van der Waals surface area contributed by atoms with Crippen molar-refractivity contribution in [3.05, 3.63) is 17.6 Å². The van der Waals surface area contributed by atoms with Crippen LogP contribution in [0.1, 0.15) is 51.0 Å². The van der Waals surface area contributed by atoms with Gasteiger partial charge in [-0.05, 0) is 12.8 Å². The molecule has 0 amide bonds. The van der Waals surface area contributed by atoms with Crippen molar-refractivity contribution in [1.82, 2.24) is 9.97 Å². The summed E-state index contributed by atoms with van der Waals surface area (Å²) in [5.41, 5.74) is 3.71. The molecule has 0 bridgehead atoms. The van der Waals surface area contributed by atoms with Gasteiger partial charge in [0.05, 0.1) is 0 Å². The first-order valence-corrected chi connectivity index (χ1v) is 5.37. The maximum absolute atomic E-state index is 5.41. The molecule has 1 aromatic heterocycles. The standard InChI is InChI=1S/C11H18N4/c1-11(2,3)10-13-8(7-4-5-7)6-9(14-10)15-12/h6-7H,4-5,12H2,1-3H3,(H,13,14,15). The number of aromatic nitrogens is 2. The largest absolute Gasteiger partial charge is 0.308 e. The van der Waals surface area contributed by atoms with Gasteiger partial charge in [0.2, 0.25) is 0 Å². The van der Waals surface area contributed by atoms with Crippen molar-refractivity contribution in [2.24, 2.45) is 5.84 Å². The van der Waals surface area contributed by atoms with Gasteiger partial charge in [0.25, 0.3) is 0 Å². The lowest BCUT2D eigenvalue weighted by molar-refractivity contribution is 0.542. The summed E-state index contributed by atoms with van der Waals surface area (Å²) in [6.07, 6.45) is 2.48. The number of nitrogens with one attached hydrogen (secondary N) is 1. The Morgan fingerprint density at radius 2 is 2.00 bits per heavy atom. The second-order valence-corrected chi connectivity index (χ2v) is 5.17. The average molecular weight is 206 g/mol. The number of nitrogens with two attached hydrogens (primary N) is 1. The summed E-state index contributed by atoms with van der Waals surface area (Å²) in [4.78, 5) is 8.99. The first-order chi connectivity index (χ1) is 7.00. The molecule has 0 atom stereocenters. The zero-order valence-corrected chi connectivity index (χ0v) is 9.54. The number of anilines is 1. The maximum Gasteiger partial charge on any atom is 0.143 e. The quantitative estimate of drug-likeness (QED) is 0.573. The van der Waals surface area contributed by atoms with Gasteiger partial charge in [-0.2, -0.15) is 0 Å². The fourth-order valence-electron chi connectivity index (χ4n) is 1.46. The lowest BCUT2D eigenvalue weighted by Crippen LogP contribution is -2.19. The van der Waals surface area contributed by atoms with E-state index in [9.17, 15) is 0 Å². The average Bonchev–Trinajstić information content (AvgIpc) is 2.99. The molecule has 0 radical (unpaired) electrons. The summed E-state index contributed by atoms with van der Waals surface area (Å²) in [5, 5.41) is 0. The van der Waals surface area contributed by atoms with Gasteiger partial charge in [-0.15, -0.1) is 0 Å². The normalized spacial score (nSPS) is 16.5. The van der Waals surface area contributed by atoms with Gasteiger partial charge in [-0.25, -0.2) is 15.8 Å². The van der Waals surface area contributed by atoms with Crippen LogP contribution in [0.4, 0.5) is 5.82 Å². The highest BCUT2D eigenvalue weighted by Gasteiger charge is 2.28. The Bertz CT molecular complexity index is 363. The van der Waals surface area contributed by atoms with Crippen molar-refractivity contribution in [3.8, 4) is 0 Å². The molecule has 4 heteroatoms. The Hall–Kier alpha value is -1.16. The summed E-state index contributed by atoms with van der Waals surface area (Å²) < 4.78 is 0. The molecule has 0 aromatic carbocycles. The Labute approximate surface area is 90.3 Å². The van der Waals surface area contributed by atoms with Crippen LogP contribution in [0.25, 0.3) is 0 Å². The minimum atomic E-state index is -0.0313. The number of rotatable bonds is 2. The smallest absolute Gasteiger partial charge is 0.143 e. The summed E-state index contributed by atoms with van der Waals surface area (Å²) in [6.45, 7) is 6.33. The van der Waals surface area contributed by atoms with Crippen LogP contribution in [-0.2, 0) is 5.41 Å². The van der Waals surface area contributed by atoms with Crippen molar-refractivity contribution < 1.29 is 0 Å². The van der Waals surface area contributed by atoms with Gasteiger partial charge in [-0.3, -0.25) is 0 Å². The zero-order chi connectivity index (χ0) is 11.1. The third-order valence-corrected chi connectivity index (χ3v) is 2.56. The first-order valence-electron chi connectivity index (χ1n) is 5.37. The number of hydrogen-bond donors (Lipinski definition) is 2. The lowest BCUT2D eigenvalue weighted by Gasteiger charge is -2.18. The molecule has 0 saturated heterocycles. The molecular formula is C11H18N4. The Morgan fingerprint density at radius 3 is 2.47 bits per heavy atom. The molecule has 0 spiro atoms. The summed E-state index contributed by atoms with van der Waals surface area (Å²) in [6, 6.07) is 1.95. The van der Waals surface area contributed by atoms with Crippen molar-refractivity contribution in [2.45, 2.75) is 44.9 Å². The molecule has 1 saturated carbocycles. The molecule has 0 unspecified atom stereocenters. The molecule has 0 aliphatic heterocycles. The minimum Gasteiger partial charge on any atom is -0.308 e. The molecule has 82 valence electrons. The van der Waals surface area contributed by atoms with Crippen molar-refractivity contribution in [3.63, 3.8) is 0 Å². The van der Waals surface area contributed by atoms with E-state index in [2.05, 4.69) is 36.2 Å². The third-order valence-electron chi connectivity index (χ3n) is 2.56. The van der Waals surface area contributed by atoms with Crippen LogP contribution in [-0.4, -0.2) is 9.97 Å². The van der Waals surface area contributed by atoms with Gasteiger partial charge >= 0.3 is 0 Å². The van der Waals surface area contributed by atoms with E-state index >= 15 is 0 Å². The van der Waals surface area contributed by atoms with Crippen LogP contribution >= 0.6 is 0 Å². The third kappa shape index (κ3) is 2.26. The lowest BCUT2D eigenvalue weighted by atomic mass is 9.95. The monoisotopic (exact) mass is 206 g/mol. The van der Waals surface area contributed by atoms with Crippen molar-refractivity contribution >= 4 is 5.82 Å². The molecule has 2 rings (SSSR count). The summed E-state index contributed by atoms with van der Waals surface area (Å²) in [7, 11) is 0. The Kier molecular flexibility index (Phi) is 2.38. The van der Waals surface area contributed by atoms with E-state index in [4.69, 9.17) is 5.84 Å². The maximum atomic E-state index is 5.41. The van der Waals surface area contributed by atoms with E-state index < -0.39 is 0 Å². The van der Waals surface area contributed by atoms with Gasteiger partial charge in [0.1, 0.15) is 11.6 Å². The molecule has 1 aliphatic carbocycles. The van der Waals surface area contributed by atoms with E-state index in [0.29, 0.717) is 5.92 Å². The van der Waals surface area contributed by atoms with Gasteiger partial charge in [0, 0.05) is 23.1 Å². The molecule has 15 heavy (non-hydrogen) atoms. The Morgan fingerprint density at radius 1 is 1.33 bits per heavy atom.